The van der Waals surface area contributed by atoms with E-state index in [2.05, 4.69) is 10.2 Å². The van der Waals surface area contributed by atoms with Gasteiger partial charge >= 0.3 is 0 Å². The van der Waals surface area contributed by atoms with Crippen molar-refractivity contribution in [1.29, 1.82) is 0 Å². The first-order valence-electron chi connectivity index (χ1n) is 9.13. The van der Waals surface area contributed by atoms with Gasteiger partial charge in [-0.2, -0.15) is 0 Å². The van der Waals surface area contributed by atoms with Crippen LogP contribution in [0.2, 0.25) is 0 Å². The Hall–Kier alpha value is -2.73. The Balaban J connectivity index is 1.41. The summed E-state index contributed by atoms with van der Waals surface area (Å²) in [5, 5.41) is 3.27. The number of rotatable bonds is 2. The van der Waals surface area contributed by atoms with Crippen molar-refractivity contribution in [3.8, 4) is 0 Å². The molecule has 1 unspecified atom stereocenters. The minimum absolute atomic E-state index is 0.0672. The van der Waals surface area contributed by atoms with E-state index in [0.717, 1.165) is 30.8 Å². The molecule has 2 aromatic rings. The highest BCUT2D eigenvalue weighted by Crippen LogP contribution is 2.34. The molecule has 2 atom stereocenters. The number of hydrogen-bond acceptors (Lipinski definition) is 3. The van der Waals surface area contributed by atoms with Crippen LogP contribution in [-0.2, 0) is 11.3 Å². The molecule has 2 aliphatic rings. The van der Waals surface area contributed by atoms with Gasteiger partial charge in [-0.15, -0.1) is 0 Å². The molecule has 0 aliphatic carbocycles. The number of thiocarbonyl (C=S) groups is 1. The van der Waals surface area contributed by atoms with Crippen molar-refractivity contribution in [1.82, 2.24) is 14.8 Å². The molecule has 27 heavy (non-hydrogen) atoms. The largest absolute Gasteiger partial charge is 0.348 e. The molecule has 1 saturated heterocycles. The van der Waals surface area contributed by atoms with Crippen molar-refractivity contribution in [3.05, 3.63) is 76.2 Å². The van der Waals surface area contributed by atoms with Gasteiger partial charge in [0.15, 0.2) is 5.11 Å². The number of pyridine rings is 1. The van der Waals surface area contributed by atoms with E-state index < -0.39 is 0 Å². The van der Waals surface area contributed by atoms with E-state index in [1.54, 1.807) is 12.1 Å². The molecule has 1 fully saturated rings. The molecule has 5 nitrogen and oxygen atoms in total. The Morgan fingerprint density at radius 1 is 1.07 bits per heavy atom. The van der Waals surface area contributed by atoms with Crippen molar-refractivity contribution in [3.63, 3.8) is 0 Å². The molecule has 2 bridgehead atoms. The molecule has 1 aromatic heterocycles. The van der Waals surface area contributed by atoms with Crippen LogP contribution in [0.5, 0.6) is 0 Å². The van der Waals surface area contributed by atoms with Crippen LogP contribution in [0.1, 0.15) is 23.6 Å². The molecule has 0 spiro atoms. The SMILES string of the molecule is O=C(/C=C/c1ccccc1)NC(=S)N1CC2C[C@@H](C1)Cn1c2cccc1=O. The maximum Gasteiger partial charge on any atom is 0.250 e. The molecule has 2 aliphatic heterocycles. The third-order valence-corrected chi connectivity index (χ3v) is 5.58. The molecule has 4 rings (SSSR count). The summed E-state index contributed by atoms with van der Waals surface area (Å²) >= 11 is 5.47. The zero-order valence-corrected chi connectivity index (χ0v) is 15.7. The summed E-state index contributed by atoms with van der Waals surface area (Å²) in [7, 11) is 0. The Bertz CT molecular complexity index is 951. The number of piperidine rings is 1. The van der Waals surface area contributed by atoms with E-state index in [-0.39, 0.29) is 17.4 Å². The summed E-state index contributed by atoms with van der Waals surface area (Å²) in [6.45, 7) is 2.20. The number of carbonyl (C=O) groups is 1. The van der Waals surface area contributed by atoms with Gasteiger partial charge in [-0.3, -0.25) is 14.9 Å². The topological polar surface area (TPSA) is 54.3 Å². The van der Waals surface area contributed by atoms with Crippen LogP contribution in [0.25, 0.3) is 6.08 Å². The lowest BCUT2D eigenvalue weighted by Gasteiger charge is -2.43. The van der Waals surface area contributed by atoms with E-state index in [1.807, 2.05) is 47.0 Å². The van der Waals surface area contributed by atoms with Crippen molar-refractivity contribution >= 4 is 29.3 Å². The predicted molar refractivity (Wildman–Crippen MR) is 109 cm³/mol. The number of fused-ring (bicyclic) bond motifs is 4. The van der Waals surface area contributed by atoms with Gasteiger partial charge in [0, 0.05) is 43.4 Å². The standard InChI is InChI=1S/C21H21N3O2S/c25-19(10-9-15-5-2-1-3-6-15)22-21(27)23-12-16-11-17(14-23)18-7-4-8-20(26)24(18)13-16/h1-10,16-17H,11-14H2,(H,22,25,27)/b10-9+/t16-,17?/m0/s1. The fourth-order valence-corrected chi connectivity index (χ4v) is 4.27. The molecule has 138 valence electrons. The van der Waals surface area contributed by atoms with Crippen molar-refractivity contribution in [2.75, 3.05) is 13.1 Å². The minimum Gasteiger partial charge on any atom is -0.348 e. The number of nitrogens with one attached hydrogen (secondary N) is 1. The van der Waals surface area contributed by atoms with Crippen LogP contribution in [0, 0.1) is 5.92 Å². The van der Waals surface area contributed by atoms with E-state index in [1.165, 1.54) is 6.08 Å². The molecule has 6 heteroatoms. The van der Waals surface area contributed by atoms with Crippen molar-refractivity contribution < 1.29 is 4.79 Å². The minimum atomic E-state index is -0.226. The number of benzene rings is 1. The van der Waals surface area contributed by atoms with Crippen molar-refractivity contribution in [2.45, 2.75) is 18.9 Å². The van der Waals surface area contributed by atoms with Crippen LogP contribution in [0.15, 0.2) is 59.4 Å². The number of hydrogen-bond donors (Lipinski definition) is 1. The number of aromatic nitrogens is 1. The summed E-state index contributed by atoms with van der Waals surface area (Å²) < 4.78 is 1.89. The molecular formula is C21H21N3O2S. The zero-order chi connectivity index (χ0) is 18.8. The molecule has 0 saturated carbocycles. The summed E-state index contributed by atoms with van der Waals surface area (Å²) in [4.78, 5) is 26.4. The summed E-state index contributed by atoms with van der Waals surface area (Å²) in [6.07, 6.45) is 4.33. The molecule has 1 aromatic carbocycles. The number of likely N-dealkylation sites (tertiary alicyclic amines) is 1. The Morgan fingerprint density at radius 3 is 2.70 bits per heavy atom. The second-order valence-electron chi connectivity index (χ2n) is 7.14. The number of amides is 1. The van der Waals surface area contributed by atoms with E-state index >= 15 is 0 Å². The normalized spacial score (nSPS) is 21.0. The van der Waals surface area contributed by atoms with E-state index in [4.69, 9.17) is 12.2 Å². The second-order valence-corrected chi connectivity index (χ2v) is 7.53. The quantitative estimate of drug-likeness (QED) is 0.643. The van der Waals surface area contributed by atoms with Gasteiger partial charge in [-0.25, -0.2) is 0 Å². The van der Waals surface area contributed by atoms with Crippen LogP contribution in [0.4, 0.5) is 0 Å². The van der Waals surface area contributed by atoms with Crippen LogP contribution >= 0.6 is 12.2 Å². The molecular weight excluding hydrogens is 358 g/mol. The van der Waals surface area contributed by atoms with Crippen molar-refractivity contribution in [2.24, 2.45) is 5.92 Å². The average molecular weight is 379 g/mol. The third kappa shape index (κ3) is 3.85. The fourth-order valence-electron chi connectivity index (χ4n) is 4.02. The predicted octanol–water partition coefficient (Wildman–Crippen LogP) is 2.38. The second kappa shape index (κ2) is 7.48. The summed E-state index contributed by atoms with van der Waals surface area (Å²) in [5.41, 5.74) is 2.10. The average Bonchev–Trinajstić information content (AvgIpc) is 2.68. The lowest BCUT2D eigenvalue weighted by Crippen LogP contribution is -2.52. The number of carbonyl (C=O) groups excluding carboxylic acids is 1. The summed E-state index contributed by atoms with van der Waals surface area (Å²) in [5.74, 6) is 0.406. The smallest absolute Gasteiger partial charge is 0.250 e. The van der Waals surface area contributed by atoms with Gasteiger partial charge in [-0.1, -0.05) is 36.4 Å². The Labute approximate surface area is 163 Å². The highest BCUT2D eigenvalue weighted by molar-refractivity contribution is 7.80. The third-order valence-electron chi connectivity index (χ3n) is 5.22. The number of nitrogens with zero attached hydrogens (tertiary/aromatic N) is 2. The summed E-state index contributed by atoms with van der Waals surface area (Å²) in [6, 6.07) is 15.1. The van der Waals surface area contributed by atoms with Gasteiger partial charge in [0.25, 0.3) is 5.56 Å². The van der Waals surface area contributed by atoms with E-state index in [9.17, 15) is 9.59 Å². The maximum atomic E-state index is 12.2. The monoisotopic (exact) mass is 379 g/mol. The molecule has 1 N–H and O–H groups in total. The first-order chi connectivity index (χ1) is 13.1. The van der Waals surface area contributed by atoms with Gasteiger partial charge in [0.05, 0.1) is 0 Å². The van der Waals surface area contributed by atoms with Gasteiger partial charge in [0.2, 0.25) is 5.91 Å². The van der Waals surface area contributed by atoms with Crippen LogP contribution in [-0.4, -0.2) is 33.6 Å². The fraction of sp³-hybridized carbons (Fsp3) is 0.286. The van der Waals surface area contributed by atoms with Gasteiger partial charge < -0.3 is 9.47 Å². The maximum absolute atomic E-state index is 12.2. The van der Waals surface area contributed by atoms with E-state index in [0.29, 0.717) is 17.6 Å². The lowest BCUT2D eigenvalue weighted by molar-refractivity contribution is -0.115. The lowest BCUT2D eigenvalue weighted by atomic mass is 9.83. The molecule has 1 amide bonds. The van der Waals surface area contributed by atoms with Crippen LogP contribution in [0.3, 0.4) is 0 Å². The zero-order valence-electron chi connectivity index (χ0n) is 14.9. The Morgan fingerprint density at radius 2 is 1.89 bits per heavy atom. The highest BCUT2D eigenvalue weighted by Gasteiger charge is 2.35. The molecule has 3 heterocycles. The molecule has 0 radical (unpaired) electrons. The Kier molecular flexibility index (Phi) is 4.90. The highest BCUT2D eigenvalue weighted by atomic mass is 32.1. The first-order valence-corrected chi connectivity index (χ1v) is 9.54. The van der Waals surface area contributed by atoms with Gasteiger partial charge in [0.1, 0.15) is 0 Å². The van der Waals surface area contributed by atoms with Gasteiger partial charge in [-0.05, 0) is 42.3 Å². The first kappa shape index (κ1) is 17.7. The van der Waals surface area contributed by atoms with Crippen LogP contribution < -0.4 is 10.9 Å².